The number of anilines is 1. The average Bonchev–Trinajstić information content (AvgIpc) is 2.46. The minimum Gasteiger partial charge on any atom is -0.464 e. The summed E-state index contributed by atoms with van der Waals surface area (Å²) in [5, 5.41) is 3.16. The van der Waals surface area contributed by atoms with Crippen LogP contribution in [-0.2, 0) is 0 Å². The second-order valence-corrected chi connectivity index (χ2v) is 3.99. The van der Waals surface area contributed by atoms with Gasteiger partial charge in [-0.15, -0.1) is 0 Å². The molecule has 2 aromatic rings. The van der Waals surface area contributed by atoms with Crippen molar-refractivity contribution in [3.05, 3.63) is 30.3 Å². The maximum atomic E-state index is 5.39. The van der Waals surface area contributed by atoms with Gasteiger partial charge in [-0.25, -0.2) is 0 Å². The molecule has 0 aliphatic heterocycles. The maximum Gasteiger partial charge on any atom is 0.321 e. The molecule has 0 atom stereocenters. The van der Waals surface area contributed by atoms with Crippen molar-refractivity contribution >= 4 is 5.95 Å². The first-order chi connectivity index (χ1) is 9.33. The first kappa shape index (κ1) is 13.3. The van der Waals surface area contributed by atoms with E-state index in [0.29, 0.717) is 24.4 Å². The van der Waals surface area contributed by atoms with Gasteiger partial charge in [-0.05, 0) is 13.3 Å². The van der Waals surface area contributed by atoms with Crippen LogP contribution in [0, 0.1) is 0 Å². The normalized spacial score (nSPS) is 10.2. The molecule has 100 valence electrons. The van der Waals surface area contributed by atoms with Crippen molar-refractivity contribution in [2.45, 2.75) is 20.3 Å². The van der Waals surface area contributed by atoms with Crippen molar-refractivity contribution in [2.75, 3.05) is 18.5 Å². The number of aromatic nitrogens is 3. The van der Waals surface area contributed by atoms with E-state index in [4.69, 9.17) is 4.74 Å². The lowest BCUT2D eigenvalue weighted by atomic mass is 10.2. The molecule has 0 saturated heterocycles. The van der Waals surface area contributed by atoms with E-state index >= 15 is 0 Å². The molecule has 0 amide bonds. The largest absolute Gasteiger partial charge is 0.464 e. The molecule has 19 heavy (non-hydrogen) atoms. The molecule has 1 aromatic heterocycles. The van der Waals surface area contributed by atoms with Gasteiger partial charge >= 0.3 is 6.01 Å². The van der Waals surface area contributed by atoms with Crippen LogP contribution in [-0.4, -0.2) is 28.1 Å². The molecule has 0 spiro atoms. The zero-order valence-corrected chi connectivity index (χ0v) is 11.3. The number of nitrogens with zero attached hydrogens (tertiary/aromatic N) is 3. The molecule has 0 saturated carbocycles. The smallest absolute Gasteiger partial charge is 0.321 e. The Morgan fingerprint density at radius 2 is 1.84 bits per heavy atom. The highest BCUT2D eigenvalue weighted by atomic mass is 16.5. The fraction of sp³-hybridized carbons (Fsp3) is 0.357. The Kier molecular flexibility index (Phi) is 4.66. The number of ether oxygens (including phenoxy) is 1. The molecule has 0 unspecified atom stereocenters. The van der Waals surface area contributed by atoms with Crippen LogP contribution in [0.1, 0.15) is 20.3 Å². The topological polar surface area (TPSA) is 59.9 Å². The van der Waals surface area contributed by atoms with Crippen LogP contribution in [0.4, 0.5) is 5.95 Å². The number of benzene rings is 1. The zero-order chi connectivity index (χ0) is 13.5. The summed E-state index contributed by atoms with van der Waals surface area (Å²) in [5.74, 6) is 1.18. The second kappa shape index (κ2) is 6.68. The van der Waals surface area contributed by atoms with E-state index in [9.17, 15) is 0 Å². The van der Waals surface area contributed by atoms with Crippen molar-refractivity contribution in [3.63, 3.8) is 0 Å². The van der Waals surface area contributed by atoms with Gasteiger partial charge in [-0.1, -0.05) is 37.3 Å². The highest BCUT2D eigenvalue weighted by molar-refractivity contribution is 5.56. The summed E-state index contributed by atoms with van der Waals surface area (Å²) in [5.41, 5.74) is 0.949. The number of nitrogens with one attached hydrogen (secondary N) is 1. The lowest BCUT2D eigenvalue weighted by Gasteiger charge is -2.08. The maximum absolute atomic E-state index is 5.39. The van der Waals surface area contributed by atoms with Crippen LogP contribution in [0.25, 0.3) is 11.4 Å². The Morgan fingerprint density at radius 1 is 1.05 bits per heavy atom. The van der Waals surface area contributed by atoms with Crippen molar-refractivity contribution in [3.8, 4) is 17.4 Å². The Labute approximate surface area is 113 Å². The van der Waals surface area contributed by atoms with E-state index in [-0.39, 0.29) is 0 Å². The van der Waals surface area contributed by atoms with E-state index in [1.54, 1.807) is 0 Å². The molecule has 5 heteroatoms. The second-order valence-electron chi connectivity index (χ2n) is 3.99. The van der Waals surface area contributed by atoms with Gasteiger partial charge in [0.15, 0.2) is 5.82 Å². The molecule has 1 N–H and O–H groups in total. The summed E-state index contributed by atoms with van der Waals surface area (Å²) < 4.78 is 5.39. The molecule has 0 aliphatic carbocycles. The van der Waals surface area contributed by atoms with Crippen LogP contribution < -0.4 is 10.1 Å². The minimum absolute atomic E-state index is 0.356. The summed E-state index contributed by atoms with van der Waals surface area (Å²) in [7, 11) is 0. The van der Waals surface area contributed by atoms with Gasteiger partial charge in [0.2, 0.25) is 5.95 Å². The fourth-order valence-corrected chi connectivity index (χ4v) is 1.58. The van der Waals surface area contributed by atoms with Crippen molar-refractivity contribution in [2.24, 2.45) is 0 Å². The number of rotatable bonds is 6. The van der Waals surface area contributed by atoms with Crippen LogP contribution in [0.15, 0.2) is 30.3 Å². The molecule has 0 radical (unpaired) electrons. The summed E-state index contributed by atoms with van der Waals surface area (Å²) in [6.07, 6.45) is 1.01. The predicted octanol–water partition coefficient (Wildman–Crippen LogP) is 2.76. The highest BCUT2D eigenvalue weighted by Crippen LogP contribution is 2.18. The van der Waals surface area contributed by atoms with Crippen LogP contribution in [0.2, 0.25) is 0 Å². The fourth-order valence-electron chi connectivity index (χ4n) is 1.58. The monoisotopic (exact) mass is 258 g/mol. The Bertz CT molecular complexity index is 516. The minimum atomic E-state index is 0.356. The first-order valence-corrected chi connectivity index (χ1v) is 6.51. The Hall–Kier alpha value is -2.17. The van der Waals surface area contributed by atoms with Crippen molar-refractivity contribution < 1.29 is 4.74 Å². The van der Waals surface area contributed by atoms with Crippen molar-refractivity contribution in [1.82, 2.24) is 15.0 Å². The summed E-state index contributed by atoms with van der Waals surface area (Å²) in [6, 6.07) is 10.2. The van der Waals surface area contributed by atoms with E-state index in [0.717, 1.165) is 18.5 Å². The summed E-state index contributed by atoms with van der Waals surface area (Å²) >= 11 is 0. The molecule has 1 heterocycles. The third kappa shape index (κ3) is 3.64. The van der Waals surface area contributed by atoms with Gasteiger partial charge in [0.25, 0.3) is 0 Å². The first-order valence-electron chi connectivity index (χ1n) is 6.51. The van der Waals surface area contributed by atoms with Crippen LogP contribution in [0.5, 0.6) is 6.01 Å². The molecular weight excluding hydrogens is 240 g/mol. The molecular formula is C14H18N4O. The quantitative estimate of drug-likeness (QED) is 0.863. The molecule has 0 fully saturated rings. The molecule has 2 rings (SSSR count). The van der Waals surface area contributed by atoms with E-state index < -0.39 is 0 Å². The lowest BCUT2D eigenvalue weighted by molar-refractivity contribution is 0.312. The third-order valence-corrected chi connectivity index (χ3v) is 2.45. The van der Waals surface area contributed by atoms with E-state index in [2.05, 4.69) is 27.2 Å². The molecule has 0 bridgehead atoms. The summed E-state index contributed by atoms with van der Waals surface area (Å²) in [4.78, 5) is 13.0. The SMILES string of the molecule is CCCNc1nc(OCC)nc(-c2ccccc2)n1. The molecule has 5 nitrogen and oxygen atoms in total. The molecule has 1 aromatic carbocycles. The predicted molar refractivity (Wildman–Crippen MR) is 75.2 cm³/mol. The Morgan fingerprint density at radius 3 is 2.53 bits per heavy atom. The van der Waals surface area contributed by atoms with Gasteiger partial charge in [0.1, 0.15) is 0 Å². The average molecular weight is 258 g/mol. The van der Waals surface area contributed by atoms with Gasteiger partial charge in [0, 0.05) is 12.1 Å². The van der Waals surface area contributed by atoms with Gasteiger partial charge in [-0.2, -0.15) is 15.0 Å². The lowest BCUT2D eigenvalue weighted by Crippen LogP contribution is -2.08. The number of hydrogen-bond donors (Lipinski definition) is 1. The highest BCUT2D eigenvalue weighted by Gasteiger charge is 2.08. The standard InChI is InChI=1S/C14H18N4O/c1-3-10-15-13-16-12(11-8-6-5-7-9-11)17-14(18-13)19-4-2/h5-9H,3-4,10H2,1-2H3,(H,15,16,17,18). The van der Waals surface area contributed by atoms with Gasteiger partial charge in [0.05, 0.1) is 6.61 Å². The van der Waals surface area contributed by atoms with E-state index in [1.165, 1.54) is 0 Å². The van der Waals surface area contributed by atoms with Crippen molar-refractivity contribution in [1.29, 1.82) is 0 Å². The van der Waals surface area contributed by atoms with Crippen LogP contribution in [0.3, 0.4) is 0 Å². The third-order valence-electron chi connectivity index (χ3n) is 2.45. The Balaban J connectivity index is 2.33. The summed E-state index contributed by atoms with van der Waals surface area (Å²) in [6.45, 7) is 5.36. The molecule has 0 aliphatic rings. The van der Waals surface area contributed by atoms with Gasteiger partial charge < -0.3 is 10.1 Å². The number of hydrogen-bond acceptors (Lipinski definition) is 5. The zero-order valence-electron chi connectivity index (χ0n) is 11.3. The van der Waals surface area contributed by atoms with E-state index in [1.807, 2.05) is 37.3 Å². The van der Waals surface area contributed by atoms with Gasteiger partial charge in [-0.3, -0.25) is 0 Å². The van der Waals surface area contributed by atoms with Crippen LogP contribution >= 0.6 is 0 Å².